The second-order valence-corrected chi connectivity index (χ2v) is 9.73. The van der Waals surface area contributed by atoms with Crippen LogP contribution in [0, 0.1) is 16.7 Å². The SMILES string of the molecule is CCC(C)C(NCC(=O)NO)C(=O)NCC(=O)N1CC2(C)CC1CC(C)(C)C2. The lowest BCUT2D eigenvalue weighted by molar-refractivity contribution is -0.135. The minimum absolute atomic E-state index is 0.0210. The van der Waals surface area contributed by atoms with Crippen LogP contribution in [0.2, 0.25) is 0 Å². The number of carbonyl (C=O) groups excluding carboxylic acids is 3. The molecule has 1 heterocycles. The van der Waals surface area contributed by atoms with Crippen LogP contribution >= 0.6 is 0 Å². The van der Waals surface area contributed by atoms with E-state index >= 15 is 0 Å². The van der Waals surface area contributed by atoms with Gasteiger partial charge in [0.15, 0.2) is 0 Å². The number of carbonyl (C=O) groups is 3. The predicted octanol–water partition coefficient (Wildman–Crippen LogP) is 1.04. The number of nitrogens with zero attached hydrogens (tertiary/aromatic N) is 1. The predicted molar refractivity (Wildman–Crippen MR) is 105 cm³/mol. The molecule has 1 aliphatic carbocycles. The van der Waals surface area contributed by atoms with E-state index in [2.05, 4.69) is 31.4 Å². The Morgan fingerprint density at radius 1 is 1.18 bits per heavy atom. The molecule has 8 heteroatoms. The van der Waals surface area contributed by atoms with Crippen LogP contribution in [0.25, 0.3) is 0 Å². The van der Waals surface area contributed by atoms with Crippen LogP contribution in [-0.4, -0.2) is 59.5 Å². The van der Waals surface area contributed by atoms with E-state index in [1.807, 2.05) is 18.7 Å². The number of hydrogen-bond donors (Lipinski definition) is 4. The molecule has 2 aliphatic rings. The lowest BCUT2D eigenvalue weighted by Gasteiger charge is -2.39. The molecular formula is C20H36N4O4. The molecule has 2 rings (SSSR count). The zero-order chi connectivity index (χ0) is 21.1. The van der Waals surface area contributed by atoms with Crippen LogP contribution in [0.5, 0.6) is 0 Å². The summed E-state index contributed by atoms with van der Waals surface area (Å²) in [6.07, 6.45) is 3.88. The average Bonchev–Trinajstić information content (AvgIpc) is 2.87. The summed E-state index contributed by atoms with van der Waals surface area (Å²) < 4.78 is 0. The fourth-order valence-electron chi connectivity index (χ4n) is 5.16. The standard InChI is InChI=1S/C20H36N4O4/c1-6-13(2)17(21-9-15(25)23-28)18(27)22-10-16(26)24-12-20(5)8-14(24)7-19(3,4)11-20/h13-14,17,21,28H,6-12H2,1-5H3,(H,22,27)(H,23,25). The van der Waals surface area contributed by atoms with Crippen molar-refractivity contribution in [3.8, 4) is 0 Å². The van der Waals surface area contributed by atoms with Gasteiger partial charge in [0.2, 0.25) is 11.8 Å². The normalized spacial score (nSPS) is 27.8. The van der Waals surface area contributed by atoms with Gasteiger partial charge in [-0.1, -0.05) is 41.0 Å². The second-order valence-electron chi connectivity index (χ2n) is 9.73. The fourth-order valence-corrected chi connectivity index (χ4v) is 5.16. The zero-order valence-corrected chi connectivity index (χ0v) is 17.8. The highest BCUT2D eigenvalue weighted by Gasteiger charge is 2.50. The molecule has 4 N–H and O–H groups in total. The first-order valence-corrected chi connectivity index (χ1v) is 10.2. The molecule has 2 fully saturated rings. The summed E-state index contributed by atoms with van der Waals surface area (Å²) in [5.41, 5.74) is 1.93. The maximum absolute atomic E-state index is 12.8. The van der Waals surface area contributed by atoms with E-state index in [4.69, 9.17) is 5.21 Å². The number of fused-ring (bicyclic) bond motifs is 2. The third-order valence-corrected chi connectivity index (χ3v) is 6.25. The van der Waals surface area contributed by atoms with Gasteiger partial charge in [0.05, 0.1) is 19.1 Å². The van der Waals surface area contributed by atoms with Crippen LogP contribution in [-0.2, 0) is 14.4 Å². The summed E-state index contributed by atoms with van der Waals surface area (Å²) in [5, 5.41) is 14.2. The maximum Gasteiger partial charge on any atom is 0.257 e. The van der Waals surface area contributed by atoms with Crippen molar-refractivity contribution in [1.29, 1.82) is 0 Å². The highest BCUT2D eigenvalue weighted by Crippen LogP contribution is 2.52. The van der Waals surface area contributed by atoms with Gasteiger partial charge in [-0.25, -0.2) is 5.48 Å². The first-order chi connectivity index (χ1) is 13.0. The van der Waals surface area contributed by atoms with Crippen LogP contribution in [0.1, 0.15) is 60.3 Å². The topological polar surface area (TPSA) is 111 Å². The molecule has 0 aromatic rings. The van der Waals surface area contributed by atoms with E-state index in [1.165, 1.54) is 0 Å². The second kappa shape index (κ2) is 8.78. The lowest BCUT2D eigenvalue weighted by Crippen LogP contribution is -2.52. The third kappa shape index (κ3) is 5.44. The number of nitrogens with one attached hydrogen (secondary N) is 3. The van der Waals surface area contributed by atoms with Gasteiger partial charge >= 0.3 is 0 Å². The molecule has 0 spiro atoms. The summed E-state index contributed by atoms with van der Waals surface area (Å²) in [6, 6.07) is -0.362. The van der Waals surface area contributed by atoms with Gasteiger partial charge in [-0.05, 0) is 36.0 Å². The van der Waals surface area contributed by atoms with E-state index in [-0.39, 0.29) is 47.7 Å². The van der Waals surface area contributed by atoms with Gasteiger partial charge in [0, 0.05) is 12.6 Å². The number of hydrogen-bond acceptors (Lipinski definition) is 5. The summed E-state index contributed by atoms with van der Waals surface area (Å²) in [6.45, 7) is 11.2. The largest absolute Gasteiger partial charge is 0.346 e. The van der Waals surface area contributed by atoms with Gasteiger partial charge in [0.1, 0.15) is 0 Å². The van der Waals surface area contributed by atoms with Crippen LogP contribution in [0.3, 0.4) is 0 Å². The molecule has 1 saturated carbocycles. The van der Waals surface area contributed by atoms with E-state index < -0.39 is 11.9 Å². The van der Waals surface area contributed by atoms with Crippen molar-refractivity contribution >= 4 is 17.7 Å². The monoisotopic (exact) mass is 396 g/mol. The Morgan fingerprint density at radius 3 is 2.46 bits per heavy atom. The number of likely N-dealkylation sites (tertiary alicyclic amines) is 1. The molecule has 160 valence electrons. The molecule has 0 aromatic heterocycles. The highest BCUT2D eigenvalue weighted by molar-refractivity contribution is 5.88. The summed E-state index contributed by atoms with van der Waals surface area (Å²) in [4.78, 5) is 38.6. The maximum atomic E-state index is 12.8. The Kier molecular flexibility index (Phi) is 7.09. The smallest absolute Gasteiger partial charge is 0.257 e. The Bertz CT molecular complexity index is 609. The Balaban J connectivity index is 1.93. The molecule has 4 atom stereocenters. The van der Waals surface area contributed by atoms with Crippen LogP contribution in [0.4, 0.5) is 0 Å². The first-order valence-electron chi connectivity index (χ1n) is 10.2. The molecule has 1 aliphatic heterocycles. The lowest BCUT2D eigenvalue weighted by atomic mass is 9.65. The van der Waals surface area contributed by atoms with E-state index in [0.29, 0.717) is 0 Å². The Hall–Kier alpha value is -1.67. The molecule has 2 bridgehead atoms. The molecule has 0 aromatic carbocycles. The van der Waals surface area contributed by atoms with Crippen molar-refractivity contribution in [3.63, 3.8) is 0 Å². The summed E-state index contributed by atoms with van der Waals surface area (Å²) >= 11 is 0. The van der Waals surface area contributed by atoms with Crippen molar-refractivity contribution in [2.24, 2.45) is 16.7 Å². The van der Waals surface area contributed by atoms with Gasteiger partial charge in [0.25, 0.3) is 5.91 Å². The Morgan fingerprint density at radius 2 is 1.86 bits per heavy atom. The third-order valence-electron chi connectivity index (χ3n) is 6.25. The minimum Gasteiger partial charge on any atom is -0.346 e. The Labute approximate surface area is 167 Å². The van der Waals surface area contributed by atoms with Gasteiger partial charge in [-0.2, -0.15) is 0 Å². The van der Waals surface area contributed by atoms with E-state index in [0.717, 1.165) is 32.2 Å². The molecule has 4 unspecified atom stereocenters. The quantitative estimate of drug-likeness (QED) is 0.362. The van der Waals surface area contributed by atoms with Crippen molar-refractivity contribution in [3.05, 3.63) is 0 Å². The molecule has 8 nitrogen and oxygen atoms in total. The highest BCUT2D eigenvalue weighted by atomic mass is 16.5. The van der Waals surface area contributed by atoms with E-state index in [9.17, 15) is 14.4 Å². The van der Waals surface area contributed by atoms with E-state index in [1.54, 1.807) is 5.48 Å². The molecular weight excluding hydrogens is 360 g/mol. The van der Waals surface area contributed by atoms with Crippen molar-refractivity contribution < 1.29 is 19.6 Å². The average molecular weight is 397 g/mol. The van der Waals surface area contributed by atoms with Crippen molar-refractivity contribution in [2.45, 2.75) is 72.4 Å². The molecule has 28 heavy (non-hydrogen) atoms. The molecule has 3 amide bonds. The fraction of sp³-hybridized carbons (Fsp3) is 0.850. The first kappa shape index (κ1) is 22.6. The van der Waals surface area contributed by atoms with Crippen molar-refractivity contribution in [1.82, 2.24) is 21.0 Å². The number of rotatable bonds is 8. The van der Waals surface area contributed by atoms with Crippen LogP contribution in [0.15, 0.2) is 0 Å². The van der Waals surface area contributed by atoms with Crippen molar-refractivity contribution in [2.75, 3.05) is 19.6 Å². The number of amides is 3. The van der Waals surface area contributed by atoms with Gasteiger partial charge in [-0.3, -0.25) is 24.9 Å². The number of hydroxylamine groups is 1. The van der Waals surface area contributed by atoms with Crippen LogP contribution < -0.4 is 16.1 Å². The zero-order valence-electron chi connectivity index (χ0n) is 17.8. The summed E-state index contributed by atoms with van der Waals surface area (Å²) in [7, 11) is 0. The summed E-state index contributed by atoms with van der Waals surface area (Å²) in [5.74, 6) is -0.984. The van der Waals surface area contributed by atoms with Gasteiger partial charge < -0.3 is 10.2 Å². The van der Waals surface area contributed by atoms with Gasteiger partial charge in [-0.15, -0.1) is 0 Å². The minimum atomic E-state index is -0.614. The molecule has 0 radical (unpaired) electrons. The molecule has 1 saturated heterocycles.